The maximum absolute atomic E-state index is 9.51. The predicted octanol–water partition coefficient (Wildman–Crippen LogP) is -2.70. The Hall–Kier alpha value is 1.49. The molecule has 44 valence electrons. The monoisotopic (exact) mass is 186 g/mol. The summed E-state index contributed by atoms with van der Waals surface area (Å²) in [6.07, 6.45) is 0. The van der Waals surface area contributed by atoms with E-state index in [4.69, 9.17) is 0 Å². The van der Waals surface area contributed by atoms with Crippen LogP contribution in [0.4, 0.5) is 0 Å². The molecule has 8 heavy (non-hydrogen) atoms. The summed E-state index contributed by atoms with van der Waals surface area (Å²) in [5.41, 5.74) is 0. The summed E-state index contributed by atoms with van der Waals surface area (Å²) in [7, 11) is -4.46. The van der Waals surface area contributed by atoms with E-state index in [1.807, 2.05) is 0 Å². The number of hydrogen-bond acceptors (Lipinski definition) is 3. The molecule has 0 atom stereocenters. The molecule has 0 aliphatic rings. The maximum Gasteiger partial charge on any atom is 1.00 e. The average molecular weight is 187 g/mol. The number of hydrogen-bond donors (Lipinski definition) is 0. The van der Waals surface area contributed by atoms with Crippen molar-refractivity contribution < 1.29 is 42.5 Å². The molecule has 0 heterocycles. The summed E-state index contributed by atoms with van der Waals surface area (Å²) >= 11 is 9.24. The second kappa shape index (κ2) is 4.33. The molecule has 0 aliphatic carbocycles. The van der Waals surface area contributed by atoms with Crippen molar-refractivity contribution >= 4 is 33.3 Å². The number of rotatable bonds is 1. The van der Waals surface area contributed by atoms with Gasteiger partial charge >= 0.3 is 29.6 Å². The van der Waals surface area contributed by atoms with Gasteiger partial charge in [-0.15, -0.1) is 0 Å². The Morgan fingerprint density at radius 1 is 1.38 bits per heavy atom. The third kappa shape index (κ3) is 5.62. The van der Waals surface area contributed by atoms with Gasteiger partial charge in [-0.05, 0) is 0 Å². The minimum atomic E-state index is -4.46. The van der Waals surface area contributed by atoms with Crippen LogP contribution >= 0.6 is 23.2 Å². The van der Waals surface area contributed by atoms with Crippen LogP contribution in [-0.4, -0.2) is 17.1 Å². The third-order valence-corrected chi connectivity index (χ3v) is 1.96. The van der Waals surface area contributed by atoms with Gasteiger partial charge in [0.1, 0.15) is 10.1 Å². The molecule has 0 rings (SSSR count). The molecule has 0 unspecified atom stereocenters. The summed E-state index contributed by atoms with van der Waals surface area (Å²) in [6.45, 7) is 0. The van der Waals surface area contributed by atoms with Crippen LogP contribution in [0.2, 0.25) is 0 Å². The average Bonchev–Trinajstić information content (AvgIpc) is 1.31. The molecule has 0 bridgehead atoms. The molecule has 0 aromatic carbocycles. The van der Waals surface area contributed by atoms with Crippen molar-refractivity contribution in [1.82, 2.24) is 0 Å². The van der Waals surface area contributed by atoms with Gasteiger partial charge < -0.3 is 4.55 Å². The van der Waals surface area contributed by atoms with Gasteiger partial charge in [-0.25, -0.2) is 8.42 Å². The molecule has 7 heteroatoms. The smallest absolute Gasteiger partial charge is 0.746 e. The minimum Gasteiger partial charge on any atom is -0.746 e. The van der Waals surface area contributed by atoms with E-state index < -0.39 is 14.3 Å². The van der Waals surface area contributed by atoms with Gasteiger partial charge in [0, 0.05) is 0 Å². The van der Waals surface area contributed by atoms with Crippen LogP contribution in [0, 0.1) is 0 Å². The van der Waals surface area contributed by atoms with Crippen molar-refractivity contribution in [3.63, 3.8) is 0 Å². The second-order valence-electron chi connectivity index (χ2n) is 0.753. The first-order valence-corrected chi connectivity index (χ1v) is 3.52. The van der Waals surface area contributed by atoms with E-state index in [0.29, 0.717) is 0 Å². The van der Waals surface area contributed by atoms with E-state index in [1.54, 1.807) is 0 Å². The summed E-state index contributed by atoms with van der Waals surface area (Å²) in [5, 5.41) is 0. The van der Waals surface area contributed by atoms with E-state index in [2.05, 4.69) is 23.2 Å². The van der Waals surface area contributed by atoms with E-state index in [-0.39, 0.29) is 29.6 Å². The van der Waals surface area contributed by atoms with Crippen molar-refractivity contribution in [3.05, 3.63) is 0 Å². The zero-order valence-corrected chi connectivity index (χ0v) is 8.29. The molecule has 0 N–H and O–H groups in total. The Kier molecular flexibility index (Phi) is 6.60. The van der Waals surface area contributed by atoms with E-state index >= 15 is 0 Å². The first kappa shape index (κ1) is 12.2. The summed E-state index contributed by atoms with van der Waals surface area (Å²) in [6, 6.07) is 0. The Balaban J connectivity index is 0. The molecule has 0 saturated heterocycles. The first-order chi connectivity index (χ1) is 2.94. The van der Waals surface area contributed by atoms with Crippen LogP contribution in [0.15, 0.2) is 0 Å². The molecule has 0 aromatic rings. The van der Waals surface area contributed by atoms with Crippen LogP contribution in [0.3, 0.4) is 0 Å². The Morgan fingerprint density at radius 2 is 1.50 bits per heavy atom. The fraction of sp³-hybridized carbons (Fsp3) is 1.00. The van der Waals surface area contributed by atoms with E-state index in [9.17, 15) is 13.0 Å². The Labute approximate surface area is 79.4 Å². The molecule has 0 radical (unpaired) electrons. The van der Waals surface area contributed by atoms with E-state index in [0.717, 1.165) is 0 Å². The molecule has 0 aliphatic heterocycles. The number of alkyl halides is 2. The van der Waals surface area contributed by atoms with Crippen LogP contribution in [0.25, 0.3) is 0 Å². The molecule has 0 spiro atoms. The predicted molar refractivity (Wildman–Crippen MR) is 25.2 cm³/mol. The van der Waals surface area contributed by atoms with Crippen LogP contribution in [-0.2, 0) is 10.1 Å². The quantitative estimate of drug-likeness (QED) is 0.255. The van der Waals surface area contributed by atoms with Gasteiger partial charge in [0.2, 0.25) is 0 Å². The zero-order valence-electron chi connectivity index (χ0n) is 3.97. The van der Waals surface area contributed by atoms with Crippen molar-refractivity contribution in [2.24, 2.45) is 0 Å². The Bertz CT molecular complexity index is 139. The minimum absolute atomic E-state index is 0. The van der Waals surface area contributed by atoms with Gasteiger partial charge in [0.25, 0.3) is 0 Å². The van der Waals surface area contributed by atoms with Gasteiger partial charge in [-0.1, -0.05) is 23.2 Å². The molecular formula is CHCl2NaO3S. The second-order valence-corrected chi connectivity index (χ2v) is 3.82. The number of halogens is 2. The standard InChI is InChI=1S/CH2Cl2O3S.Na/c2-1(3)7(4,5)6;/h1H,(H,4,5,6);/q;+1/p-1. The molecule has 0 fully saturated rings. The topological polar surface area (TPSA) is 57.2 Å². The molecule has 0 amide bonds. The zero-order chi connectivity index (χ0) is 6.08. The first-order valence-electron chi connectivity index (χ1n) is 1.17. The normalized spacial score (nSPS) is 11.0. The van der Waals surface area contributed by atoms with E-state index in [1.165, 1.54) is 0 Å². The van der Waals surface area contributed by atoms with Crippen molar-refractivity contribution in [2.45, 2.75) is 4.17 Å². The molecule has 0 saturated carbocycles. The third-order valence-electron chi connectivity index (χ3n) is 0.218. The van der Waals surface area contributed by atoms with Crippen LogP contribution in [0.1, 0.15) is 0 Å². The molecular weight excluding hydrogens is 186 g/mol. The molecule has 3 nitrogen and oxygen atoms in total. The summed E-state index contributed by atoms with van der Waals surface area (Å²) < 4.78 is 26.7. The SMILES string of the molecule is O=S(=O)([O-])C(Cl)Cl.[Na+]. The fourth-order valence-corrected chi connectivity index (χ4v) is 0. The van der Waals surface area contributed by atoms with Crippen molar-refractivity contribution in [2.75, 3.05) is 0 Å². The molecule has 0 aromatic heterocycles. The summed E-state index contributed by atoms with van der Waals surface area (Å²) in [4.78, 5) is 0. The van der Waals surface area contributed by atoms with Crippen LogP contribution in [0.5, 0.6) is 0 Å². The van der Waals surface area contributed by atoms with Gasteiger partial charge in [0.15, 0.2) is 4.17 Å². The van der Waals surface area contributed by atoms with Crippen LogP contribution < -0.4 is 29.6 Å². The largest absolute Gasteiger partial charge is 1.00 e. The van der Waals surface area contributed by atoms with Gasteiger partial charge in [-0.2, -0.15) is 0 Å². The summed E-state index contributed by atoms with van der Waals surface area (Å²) in [5.74, 6) is 0. The Morgan fingerprint density at radius 3 is 1.50 bits per heavy atom. The van der Waals surface area contributed by atoms with Gasteiger partial charge in [0.05, 0.1) is 0 Å². The maximum atomic E-state index is 9.51. The van der Waals surface area contributed by atoms with Crippen molar-refractivity contribution in [3.8, 4) is 0 Å². The van der Waals surface area contributed by atoms with Crippen molar-refractivity contribution in [1.29, 1.82) is 0 Å². The fourth-order valence-electron chi connectivity index (χ4n) is 0. The van der Waals surface area contributed by atoms with Gasteiger partial charge in [-0.3, -0.25) is 0 Å².